The molecule has 0 spiro atoms. The Morgan fingerprint density at radius 1 is 0.289 bits per heavy atom. The molecule has 0 bridgehead atoms. The van der Waals surface area contributed by atoms with Crippen molar-refractivity contribution in [2.75, 3.05) is 0 Å². The van der Waals surface area contributed by atoms with Gasteiger partial charge in [0.2, 0.25) is 0 Å². The van der Waals surface area contributed by atoms with Gasteiger partial charge in [-0.05, 0) is 70.8 Å². The quantitative estimate of drug-likeness (QED) is 0.129. The predicted molar refractivity (Wildman–Crippen MR) is 155 cm³/mol. The van der Waals surface area contributed by atoms with Crippen molar-refractivity contribution in [3.63, 3.8) is 0 Å². The molecule has 0 saturated heterocycles. The summed E-state index contributed by atoms with van der Waals surface area (Å²) in [6.07, 6.45) is 0. The molecule has 6 aromatic carbocycles. The lowest BCUT2D eigenvalue weighted by atomic mass is 9.64. The first-order valence-corrected chi connectivity index (χ1v) is 13.6. The van der Waals surface area contributed by atoms with Gasteiger partial charge in [-0.15, -0.1) is 0 Å². The van der Waals surface area contributed by atoms with E-state index in [-0.39, 0.29) is 33.4 Å². The largest absolute Gasteiger partial charge is 0.207 e. The minimum atomic E-state index is -2.39. The molecule has 0 aromatic heterocycles. The van der Waals surface area contributed by atoms with Crippen molar-refractivity contribution in [2.24, 2.45) is 0 Å². The summed E-state index contributed by atoms with van der Waals surface area (Å²) in [6, 6.07) is 22.6. The summed E-state index contributed by atoms with van der Waals surface area (Å²) >= 11 is 0. The molecule has 8 heteroatoms. The van der Waals surface area contributed by atoms with Crippen LogP contribution in [0.3, 0.4) is 0 Å². The lowest BCUT2D eigenvalue weighted by molar-refractivity contribution is 0.484. The highest BCUT2D eigenvalue weighted by molar-refractivity contribution is 5.70. The molecule has 0 unspecified atom stereocenters. The van der Waals surface area contributed by atoms with Gasteiger partial charge < -0.3 is 0 Å². The van der Waals surface area contributed by atoms with Gasteiger partial charge in [-0.1, -0.05) is 72.8 Å². The molecular weight excluding hydrogens is 596 g/mol. The van der Waals surface area contributed by atoms with Crippen molar-refractivity contribution in [1.29, 1.82) is 0 Å². The smallest absolute Gasteiger partial charge is 0.133 e. The van der Waals surface area contributed by atoms with Gasteiger partial charge in [0.05, 0.1) is 16.5 Å². The molecule has 0 aliphatic rings. The maximum absolute atomic E-state index is 15.9. The Balaban J connectivity index is 1.70. The summed E-state index contributed by atoms with van der Waals surface area (Å²) in [4.78, 5) is 0. The number of hydrogen-bond acceptors (Lipinski definition) is 0. The second kappa shape index (κ2) is 11.7. The van der Waals surface area contributed by atoms with E-state index < -0.39 is 63.1 Å². The predicted octanol–water partition coefficient (Wildman–Crippen LogP) is 10.5. The number of rotatable bonds is 6. The molecule has 0 aliphatic carbocycles. The van der Waals surface area contributed by atoms with Gasteiger partial charge >= 0.3 is 0 Å². The molecule has 0 fully saturated rings. The average Bonchev–Trinajstić information content (AvgIpc) is 3.00. The van der Waals surface area contributed by atoms with E-state index in [1.165, 1.54) is 60.7 Å². The molecule has 0 N–H and O–H groups in total. The Bertz CT molecular complexity index is 1800. The van der Waals surface area contributed by atoms with Crippen LogP contribution in [0.2, 0.25) is 0 Å². The zero-order chi connectivity index (χ0) is 31.9. The molecule has 6 rings (SSSR count). The normalized spacial score (nSPS) is 11.6. The third kappa shape index (κ3) is 4.96. The molecule has 0 aliphatic heterocycles. The molecule has 0 radical (unpaired) electrons. The van der Waals surface area contributed by atoms with E-state index in [4.69, 9.17) is 0 Å². The number of halogens is 8. The van der Waals surface area contributed by atoms with Crippen molar-refractivity contribution in [1.82, 2.24) is 0 Å². The van der Waals surface area contributed by atoms with Crippen molar-refractivity contribution < 1.29 is 35.1 Å². The van der Waals surface area contributed by atoms with Crippen LogP contribution in [-0.4, -0.2) is 0 Å². The Hall–Kier alpha value is -5.24. The molecule has 0 amide bonds. The van der Waals surface area contributed by atoms with Crippen molar-refractivity contribution >= 4 is 0 Å². The van der Waals surface area contributed by atoms with E-state index in [2.05, 4.69) is 0 Å². The lowest BCUT2D eigenvalue weighted by Crippen LogP contribution is -2.35. The van der Waals surface area contributed by atoms with E-state index in [0.29, 0.717) is 0 Å². The van der Waals surface area contributed by atoms with Gasteiger partial charge in [-0.3, -0.25) is 0 Å². The highest BCUT2D eigenvalue weighted by atomic mass is 19.2. The van der Waals surface area contributed by atoms with Crippen LogP contribution in [0.25, 0.3) is 22.3 Å². The fourth-order valence-electron chi connectivity index (χ4n) is 5.90. The van der Waals surface area contributed by atoms with Crippen LogP contribution in [0.1, 0.15) is 22.3 Å². The molecular formula is C37H20F8. The molecule has 0 saturated carbocycles. The molecule has 0 nitrogen and oxygen atoms in total. The number of benzene rings is 6. The van der Waals surface area contributed by atoms with Gasteiger partial charge in [0.15, 0.2) is 0 Å². The molecule has 0 heterocycles. The Morgan fingerprint density at radius 3 is 0.800 bits per heavy atom. The topological polar surface area (TPSA) is 0 Å². The minimum absolute atomic E-state index is 0.0524. The summed E-state index contributed by atoms with van der Waals surface area (Å²) in [5.41, 5.74) is -4.66. The lowest BCUT2D eigenvalue weighted by Gasteiger charge is -2.37. The van der Waals surface area contributed by atoms with Crippen LogP contribution in [0, 0.1) is 46.5 Å². The van der Waals surface area contributed by atoms with Gasteiger partial charge in [0.1, 0.15) is 46.5 Å². The second-order valence-electron chi connectivity index (χ2n) is 10.3. The minimum Gasteiger partial charge on any atom is -0.207 e. The van der Waals surface area contributed by atoms with Crippen molar-refractivity contribution in [3.05, 3.63) is 190 Å². The van der Waals surface area contributed by atoms with Crippen LogP contribution < -0.4 is 0 Å². The average molecular weight is 617 g/mol. The first-order valence-electron chi connectivity index (χ1n) is 13.6. The van der Waals surface area contributed by atoms with Crippen molar-refractivity contribution in [2.45, 2.75) is 5.41 Å². The zero-order valence-corrected chi connectivity index (χ0v) is 23.1. The van der Waals surface area contributed by atoms with Crippen LogP contribution in [0.15, 0.2) is 121 Å². The van der Waals surface area contributed by atoms with E-state index in [0.717, 1.165) is 60.7 Å². The summed E-state index contributed by atoms with van der Waals surface area (Å²) < 4.78 is 122. The maximum Gasteiger partial charge on any atom is 0.133 e. The molecule has 224 valence electrons. The Morgan fingerprint density at radius 2 is 0.533 bits per heavy atom. The molecule has 0 atom stereocenters. The summed E-state index contributed by atoms with van der Waals surface area (Å²) in [7, 11) is 0. The third-order valence-electron chi connectivity index (χ3n) is 7.81. The monoisotopic (exact) mass is 616 g/mol. The zero-order valence-electron chi connectivity index (χ0n) is 23.1. The fourth-order valence-corrected chi connectivity index (χ4v) is 5.90. The highest BCUT2D eigenvalue weighted by Crippen LogP contribution is 2.49. The SMILES string of the molecule is Fc1cccc(F)c1-c1ccc(C(c2ccc(-c3c(F)cccc3F)cc2)(c2c(F)cccc2F)c2c(F)cccc2F)cc1. The van der Waals surface area contributed by atoms with Crippen molar-refractivity contribution in [3.8, 4) is 22.3 Å². The van der Waals surface area contributed by atoms with Crippen LogP contribution >= 0.6 is 0 Å². The second-order valence-corrected chi connectivity index (χ2v) is 10.3. The van der Waals surface area contributed by atoms with Gasteiger partial charge in [0.25, 0.3) is 0 Å². The molecule has 45 heavy (non-hydrogen) atoms. The van der Waals surface area contributed by atoms with Gasteiger partial charge in [0, 0.05) is 11.1 Å². The molecule has 6 aromatic rings. The standard InChI is InChI=1S/C37H20F8/c38-25-5-1-6-26(39)33(25)21-13-17-23(18-14-21)37(35-29(42)9-3-10-30(35)43,36-31(44)11-4-12-32(36)45)24-19-15-22(16-20-24)34-27(40)7-2-8-28(34)41/h1-20H. The number of hydrogen-bond donors (Lipinski definition) is 0. The van der Waals surface area contributed by atoms with Crippen LogP contribution in [0.4, 0.5) is 35.1 Å². The maximum atomic E-state index is 15.9. The summed E-state index contributed by atoms with van der Waals surface area (Å²) in [5.74, 6) is -8.07. The van der Waals surface area contributed by atoms with E-state index >= 15 is 17.6 Å². The van der Waals surface area contributed by atoms with Gasteiger partial charge in [-0.2, -0.15) is 0 Å². The fraction of sp³-hybridized carbons (Fsp3) is 0.0270. The van der Waals surface area contributed by atoms with Crippen LogP contribution in [-0.2, 0) is 5.41 Å². The van der Waals surface area contributed by atoms with E-state index in [9.17, 15) is 17.6 Å². The highest BCUT2D eigenvalue weighted by Gasteiger charge is 2.46. The first kappa shape index (κ1) is 29.8. The summed E-state index contributed by atoms with van der Waals surface area (Å²) in [6.45, 7) is 0. The van der Waals surface area contributed by atoms with Crippen LogP contribution in [0.5, 0.6) is 0 Å². The first-order chi connectivity index (χ1) is 21.6. The Labute approximate surface area is 252 Å². The van der Waals surface area contributed by atoms with Gasteiger partial charge in [-0.25, -0.2) is 35.1 Å². The van der Waals surface area contributed by atoms with E-state index in [1.54, 1.807) is 0 Å². The third-order valence-corrected chi connectivity index (χ3v) is 7.81. The van der Waals surface area contributed by atoms with E-state index in [1.807, 2.05) is 0 Å². The Kier molecular flexibility index (Phi) is 7.74. The summed E-state index contributed by atoms with van der Waals surface area (Å²) in [5, 5.41) is 0.